The zero-order valence-corrected chi connectivity index (χ0v) is 21.8. The Hall–Kier alpha value is -3.62. The van der Waals surface area contributed by atoms with E-state index in [4.69, 9.17) is 21.1 Å². The largest absolute Gasteiger partial charge is 0.490 e. The summed E-state index contributed by atoms with van der Waals surface area (Å²) in [4.78, 5) is 24.7. The van der Waals surface area contributed by atoms with Gasteiger partial charge >= 0.3 is 5.97 Å². The van der Waals surface area contributed by atoms with Gasteiger partial charge in [0.05, 0.1) is 38.6 Å². The molecule has 9 heteroatoms. The first-order valence-corrected chi connectivity index (χ1v) is 12.2. The van der Waals surface area contributed by atoms with Gasteiger partial charge in [-0.3, -0.25) is 4.79 Å². The zero-order chi connectivity index (χ0) is 25.8. The highest BCUT2D eigenvalue weighted by Gasteiger charge is 2.29. The maximum atomic E-state index is 13.2. The van der Waals surface area contributed by atoms with Crippen LogP contribution in [0, 0.1) is 0 Å². The minimum atomic E-state index is -1.19. The van der Waals surface area contributed by atoms with E-state index in [1.165, 1.54) is 17.1 Å². The van der Waals surface area contributed by atoms with E-state index in [1.54, 1.807) is 25.1 Å². The molecule has 0 spiro atoms. The molecule has 0 saturated heterocycles. The number of hydrazone groups is 1. The van der Waals surface area contributed by atoms with E-state index in [2.05, 4.69) is 21.0 Å². The van der Waals surface area contributed by atoms with Gasteiger partial charge in [0.25, 0.3) is 5.91 Å². The average Bonchev–Trinajstić information content (AvgIpc) is 3.13. The highest BCUT2D eigenvalue weighted by atomic mass is 79.9. The number of hydrogen-bond acceptors (Lipinski definition) is 5. The molecule has 1 amide bonds. The van der Waals surface area contributed by atoms with Crippen LogP contribution in [-0.4, -0.2) is 29.3 Å². The number of nitrogens with zero attached hydrogens (tertiary/aromatic N) is 2. The van der Waals surface area contributed by atoms with E-state index in [1.807, 2.05) is 43.3 Å². The SMILES string of the molecule is CCOc1cc(/C=C2\C(=O)N(c3ccc(Cl)c(C(=O)O)c3)N=C2C)cc(Br)c1OCc1ccccc1. The van der Waals surface area contributed by atoms with Crippen LogP contribution in [0.5, 0.6) is 11.5 Å². The number of rotatable bonds is 8. The van der Waals surface area contributed by atoms with Gasteiger partial charge < -0.3 is 14.6 Å². The van der Waals surface area contributed by atoms with Crippen molar-refractivity contribution in [1.82, 2.24) is 0 Å². The molecular weight excluding hydrogens is 548 g/mol. The maximum absolute atomic E-state index is 13.2. The van der Waals surface area contributed by atoms with Crippen LogP contribution in [-0.2, 0) is 11.4 Å². The minimum Gasteiger partial charge on any atom is -0.490 e. The Kier molecular flexibility index (Phi) is 7.76. The van der Waals surface area contributed by atoms with E-state index in [0.717, 1.165) is 5.56 Å². The van der Waals surface area contributed by atoms with Gasteiger partial charge in [-0.15, -0.1) is 0 Å². The standard InChI is InChI=1S/C27H22BrClN2O5/c1-3-35-24-13-18(12-22(28)25(24)36-15-17-7-5-4-6-8-17)11-20-16(2)30-31(26(20)32)19-9-10-23(29)21(14-19)27(33)34/h4-14H,3,15H2,1-2H3,(H,33,34)/b20-11-. The molecular formula is C27H22BrClN2O5. The van der Waals surface area contributed by atoms with Crippen LogP contribution in [0.4, 0.5) is 5.69 Å². The molecule has 0 aromatic heterocycles. The molecule has 3 aromatic carbocycles. The van der Waals surface area contributed by atoms with Gasteiger partial charge in [0.2, 0.25) is 0 Å². The summed E-state index contributed by atoms with van der Waals surface area (Å²) in [5, 5.41) is 14.9. The molecule has 1 aliphatic heterocycles. The number of carbonyl (C=O) groups excluding carboxylic acids is 1. The minimum absolute atomic E-state index is 0.0808. The van der Waals surface area contributed by atoms with Crippen molar-refractivity contribution >= 4 is 56.9 Å². The molecule has 0 unspecified atom stereocenters. The summed E-state index contributed by atoms with van der Waals surface area (Å²) in [5.74, 6) is -0.470. The van der Waals surface area contributed by atoms with Crippen LogP contribution in [0.1, 0.15) is 35.3 Å². The molecule has 0 bridgehead atoms. The van der Waals surface area contributed by atoms with Crippen molar-refractivity contribution in [3.8, 4) is 11.5 Å². The molecule has 36 heavy (non-hydrogen) atoms. The summed E-state index contributed by atoms with van der Waals surface area (Å²) in [5.41, 5.74) is 2.79. The van der Waals surface area contributed by atoms with Crippen molar-refractivity contribution < 1.29 is 24.2 Å². The number of carboxylic acid groups (broad SMARTS) is 1. The zero-order valence-electron chi connectivity index (χ0n) is 19.5. The van der Waals surface area contributed by atoms with Crippen LogP contribution >= 0.6 is 27.5 Å². The van der Waals surface area contributed by atoms with Gasteiger partial charge in [-0.25, -0.2) is 4.79 Å². The van der Waals surface area contributed by atoms with Gasteiger partial charge in [-0.2, -0.15) is 10.1 Å². The third kappa shape index (κ3) is 5.45. The second-order valence-electron chi connectivity index (χ2n) is 7.87. The first-order valence-electron chi connectivity index (χ1n) is 11.1. The number of hydrogen-bond donors (Lipinski definition) is 1. The van der Waals surface area contributed by atoms with Gasteiger partial charge in [0, 0.05) is 0 Å². The van der Waals surface area contributed by atoms with Gasteiger partial charge in [-0.05, 0) is 77.3 Å². The molecule has 1 aliphatic rings. The van der Waals surface area contributed by atoms with Crippen molar-refractivity contribution in [3.63, 3.8) is 0 Å². The molecule has 184 valence electrons. The Morgan fingerprint density at radius 1 is 1.14 bits per heavy atom. The molecule has 1 heterocycles. The van der Waals surface area contributed by atoms with Crippen molar-refractivity contribution in [2.75, 3.05) is 11.6 Å². The summed E-state index contributed by atoms with van der Waals surface area (Å²) in [6, 6.07) is 17.7. The predicted molar refractivity (Wildman–Crippen MR) is 143 cm³/mol. The number of ether oxygens (including phenoxy) is 2. The van der Waals surface area contributed by atoms with Crippen LogP contribution in [0.15, 0.2) is 75.8 Å². The molecule has 4 rings (SSSR count). The van der Waals surface area contributed by atoms with Crippen molar-refractivity contribution in [2.45, 2.75) is 20.5 Å². The molecule has 3 aromatic rings. The molecule has 0 aliphatic carbocycles. The Morgan fingerprint density at radius 3 is 2.58 bits per heavy atom. The van der Waals surface area contributed by atoms with Crippen LogP contribution in [0.2, 0.25) is 5.02 Å². The second-order valence-corrected chi connectivity index (χ2v) is 9.13. The highest BCUT2D eigenvalue weighted by molar-refractivity contribution is 9.10. The first kappa shape index (κ1) is 25.5. The smallest absolute Gasteiger partial charge is 0.337 e. The number of benzene rings is 3. The predicted octanol–water partition coefficient (Wildman–Crippen LogP) is 6.58. The Labute approximate surface area is 221 Å². The van der Waals surface area contributed by atoms with Crippen LogP contribution < -0.4 is 14.5 Å². The number of anilines is 1. The van der Waals surface area contributed by atoms with Gasteiger partial charge in [0.1, 0.15) is 6.61 Å². The van der Waals surface area contributed by atoms with Crippen molar-refractivity contribution in [2.24, 2.45) is 5.10 Å². The summed E-state index contributed by atoms with van der Waals surface area (Å²) >= 11 is 9.54. The molecule has 0 fully saturated rings. The lowest BCUT2D eigenvalue weighted by atomic mass is 10.1. The van der Waals surface area contributed by atoms with E-state index >= 15 is 0 Å². The second kappa shape index (κ2) is 11.0. The summed E-state index contributed by atoms with van der Waals surface area (Å²) in [6.45, 7) is 4.41. The van der Waals surface area contributed by atoms with E-state index < -0.39 is 5.97 Å². The molecule has 0 saturated carbocycles. The lowest BCUT2D eigenvalue weighted by Gasteiger charge is -2.15. The van der Waals surface area contributed by atoms with E-state index in [0.29, 0.717) is 51.7 Å². The van der Waals surface area contributed by atoms with Crippen molar-refractivity contribution in [3.05, 3.63) is 92.4 Å². The summed E-state index contributed by atoms with van der Waals surface area (Å²) in [7, 11) is 0. The molecule has 0 atom stereocenters. The molecule has 0 radical (unpaired) electrons. The normalized spacial score (nSPS) is 14.2. The summed E-state index contributed by atoms with van der Waals surface area (Å²) in [6.07, 6.45) is 1.71. The maximum Gasteiger partial charge on any atom is 0.337 e. The van der Waals surface area contributed by atoms with Crippen LogP contribution in [0.3, 0.4) is 0 Å². The number of carboxylic acids is 1. The third-order valence-corrected chi connectivity index (χ3v) is 6.27. The monoisotopic (exact) mass is 568 g/mol. The van der Waals surface area contributed by atoms with Gasteiger partial charge in [0.15, 0.2) is 11.5 Å². The Balaban J connectivity index is 1.63. The van der Waals surface area contributed by atoms with E-state index in [9.17, 15) is 14.7 Å². The molecule has 7 nitrogen and oxygen atoms in total. The lowest BCUT2D eigenvalue weighted by Crippen LogP contribution is -2.21. The first-order chi connectivity index (χ1) is 17.3. The number of carbonyl (C=O) groups is 2. The summed E-state index contributed by atoms with van der Waals surface area (Å²) < 4.78 is 12.5. The quantitative estimate of drug-likeness (QED) is 0.309. The Morgan fingerprint density at radius 2 is 1.89 bits per heavy atom. The fraction of sp³-hybridized carbons (Fsp3) is 0.148. The topological polar surface area (TPSA) is 88.4 Å². The number of halogens is 2. The van der Waals surface area contributed by atoms with Gasteiger partial charge in [-0.1, -0.05) is 41.9 Å². The lowest BCUT2D eigenvalue weighted by molar-refractivity contribution is -0.114. The highest BCUT2D eigenvalue weighted by Crippen LogP contribution is 2.38. The number of amides is 1. The van der Waals surface area contributed by atoms with Crippen molar-refractivity contribution in [1.29, 1.82) is 0 Å². The third-order valence-electron chi connectivity index (χ3n) is 5.36. The fourth-order valence-corrected chi connectivity index (χ4v) is 4.41. The molecule has 1 N–H and O–H groups in total. The number of aromatic carboxylic acids is 1. The Bertz CT molecular complexity index is 1390. The van der Waals surface area contributed by atoms with Crippen LogP contribution in [0.25, 0.3) is 6.08 Å². The average molecular weight is 570 g/mol. The fourth-order valence-electron chi connectivity index (χ4n) is 3.64. The van der Waals surface area contributed by atoms with E-state index in [-0.39, 0.29) is 16.5 Å².